The van der Waals surface area contributed by atoms with Gasteiger partial charge in [-0.1, -0.05) is 0 Å². The highest BCUT2D eigenvalue weighted by molar-refractivity contribution is 14.1. The average Bonchev–Trinajstić information content (AvgIpc) is 2.62. The Labute approximate surface area is 98.3 Å². The highest BCUT2D eigenvalue weighted by Gasteiger charge is 2.20. The topological polar surface area (TPSA) is 86.2 Å². The zero-order valence-electron chi connectivity index (χ0n) is 7.44. The van der Waals surface area contributed by atoms with Gasteiger partial charge < -0.3 is 15.2 Å². The summed E-state index contributed by atoms with van der Waals surface area (Å²) in [6.45, 7) is 0. The van der Waals surface area contributed by atoms with E-state index in [1.807, 2.05) is 6.07 Å². The fraction of sp³-hybridized carbons (Fsp3) is 0.111. The maximum Gasteiger partial charge on any atom is 0.337 e. The third kappa shape index (κ3) is 1.82. The number of carbonyl (C=O) groups is 1. The lowest BCUT2D eigenvalue weighted by atomic mass is 10.1. The van der Waals surface area contributed by atoms with Gasteiger partial charge >= 0.3 is 5.97 Å². The minimum absolute atomic E-state index is 0.311. The van der Waals surface area contributed by atoms with Gasteiger partial charge in [-0.25, -0.2) is 9.78 Å². The Bertz CT molecular complexity index is 523. The van der Waals surface area contributed by atoms with E-state index in [1.165, 1.54) is 6.33 Å². The van der Waals surface area contributed by atoms with Gasteiger partial charge in [0.2, 0.25) is 0 Å². The van der Waals surface area contributed by atoms with Gasteiger partial charge in [-0.15, -0.1) is 0 Å². The number of halogens is 1. The number of aliphatic hydroxyl groups excluding tert-OH is 1. The third-order valence-corrected chi connectivity index (χ3v) is 2.67. The molecule has 2 rings (SSSR count). The summed E-state index contributed by atoms with van der Waals surface area (Å²) in [5.74, 6) is -1.28. The minimum Gasteiger partial charge on any atom is -0.479 e. The van der Waals surface area contributed by atoms with Crippen LogP contribution < -0.4 is 0 Å². The number of H-pyrrole nitrogens is 1. The number of nitrogens with zero attached hydrogens (tertiary/aromatic N) is 1. The van der Waals surface area contributed by atoms with Gasteiger partial charge in [0.05, 0.1) is 17.4 Å². The number of benzene rings is 1. The van der Waals surface area contributed by atoms with Crippen molar-refractivity contribution >= 4 is 39.6 Å². The molecule has 1 aromatic heterocycles. The number of carboxylic acid groups (broad SMARTS) is 1. The van der Waals surface area contributed by atoms with E-state index < -0.39 is 12.1 Å². The molecule has 5 nitrogen and oxygen atoms in total. The predicted molar refractivity (Wildman–Crippen MR) is 61.4 cm³/mol. The standard InChI is InChI=1S/C9H7IN2O3/c10-4-1-5(8(13)9(14)15)7-6(2-4)11-3-12-7/h1-3,8,13H,(H,11,12)(H,14,15). The van der Waals surface area contributed by atoms with Crippen molar-refractivity contribution in [3.05, 3.63) is 27.6 Å². The molecule has 1 atom stereocenters. The monoisotopic (exact) mass is 318 g/mol. The summed E-state index contributed by atoms with van der Waals surface area (Å²) in [7, 11) is 0. The van der Waals surface area contributed by atoms with Crippen LogP contribution in [0.1, 0.15) is 11.7 Å². The minimum atomic E-state index is -1.54. The van der Waals surface area contributed by atoms with E-state index in [0.717, 1.165) is 9.09 Å². The van der Waals surface area contributed by atoms with Crippen LogP contribution in [0.15, 0.2) is 18.5 Å². The number of nitrogens with one attached hydrogen (secondary N) is 1. The molecule has 0 fully saturated rings. The van der Waals surface area contributed by atoms with Crippen LogP contribution in [0.2, 0.25) is 0 Å². The first kappa shape index (κ1) is 10.4. The van der Waals surface area contributed by atoms with Gasteiger partial charge in [-0.2, -0.15) is 0 Å². The lowest BCUT2D eigenvalue weighted by molar-refractivity contribution is -0.146. The second kappa shape index (κ2) is 3.78. The summed E-state index contributed by atoms with van der Waals surface area (Å²) in [5.41, 5.74) is 1.52. The number of carboxylic acids is 1. The molecule has 6 heteroatoms. The van der Waals surface area contributed by atoms with Crippen molar-refractivity contribution in [3.63, 3.8) is 0 Å². The van der Waals surface area contributed by atoms with Gasteiger partial charge in [0, 0.05) is 9.13 Å². The molecule has 0 aliphatic heterocycles. The second-order valence-electron chi connectivity index (χ2n) is 3.03. The highest BCUT2D eigenvalue weighted by atomic mass is 127. The SMILES string of the molecule is O=C(O)C(O)c1cc(I)cc2[nH]cnc12. The predicted octanol–water partition coefficient (Wildman–Crippen LogP) is 1.29. The molecule has 15 heavy (non-hydrogen) atoms. The molecule has 1 unspecified atom stereocenters. The maximum absolute atomic E-state index is 10.7. The summed E-state index contributed by atoms with van der Waals surface area (Å²) < 4.78 is 0.847. The fourth-order valence-electron chi connectivity index (χ4n) is 1.38. The molecule has 78 valence electrons. The Morgan fingerprint density at radius 1 is 1.53 bits per heavy atom. The van der Waals surface area contributed by atoms with E-state index in [-0.39, 0.29) is 0 Å². The maximum atomic E-state index is 10.7. The molecule has 0 aliphatic rings. The Hall–Kier alpha value is -1.15. The first-order valence-corrected chi connectivity index (χ1v) is 5.21. The number of aromatic amines is 1. The van der Waals surface area contributed by atoms with Gasteiger partial charge in [0.1, 0.15) is 0 Å². The first-order chi connectivity index (χ1) is 7.09. The molecule has 3 N–H and O–H groups in total. The third-order valence-electron chi connectivity index (χ3n) is 2.05. The summed E-state index contributed by atoms with van der Waals surface area (Å²) in [6.07, 6.45) is -0.0655. The normalized spacial score (nSPS) is 12.9. The number of aliphatic hydroxyl groups is 1. The van der Waals surface area contributed by atoms with E-state index in [4.69, 9.17) is 5.11 Å². The molecule has 2 aromatic rings. The van der Waals surface area contributed by atoms with E-state index in [9.17, 15) is 9.90 Å². The van der Waals surface area contributed by atoms with Crippen LogP contribution in [0, 0.1) is 3.57 Å². The number of hydrogen-bond acceptors (Lipinski definition) is 3. The molecule has 0 spiro atoms. The Morgan fingerprint density at radius 3 is 2.93 bits per heavy atom. The highest BCUT2D eigenvalue weighted by Crippen LogP contribution is 2.24. The molecule has 1 heterocycles. The number of aromatic nitrogens is 2. The van der Waals surface area contributed by atoms with Crippen molar-refractivity contribution in [3.8, 4) is 0 Å². The molecule has 0 saturated carbocycles. The second-order valence-corrected chi connectivity index (χ2v) is 4.28. The Balaban J connectivity index is 2.67. The van der Waals surface area contributed by atoms with Crippen LogP contribution in [0.4, 0.5) is 0 Å². The first-order valence-electron chi connectivity index (χ1n) is 4.13. The van der Waals surface area contributed by atoms with Gasteiger partial charge in [-0.05, 0) is 34.7 Å². The lowest BCUT2D eigenvalue weighted by Gasteiger charge is -2.06. The number of rotatable bonds is 2. The number of hydrogen-bond donors (Lipinski definition) is 3. The molecule has 0 bridgehead atoms. The van der Waals surface area contributed by atoms with E-state index in [1.54, 1.807) is 6.07 Å². The lowest BCUT2D eigenvalue weighted by Crippen LogP contribution is -2.11. The van der Waals surface area contributed by atoms with E-state index in [2.05, 4.69) is 32.6 Å². The zero-order valence-corrected chi connectivity index (χ0v) is 9.59. The van der Waals surface area contributed by atoms with Crippen molar-refractivity contribution in [1.82, 2.24) is 9.97 Å². The summed E-state index contributed by atoms with van der Waals surface area (Å²) in [5, 5.41) is 18.2. The van der Waals surface area contributed by atoms with Gasteiger partial charge in [0.25, 0.3) is 0 Å². The molecule has 1 aromatic carbocycles. The fourth-order valence-corrected chi connectivity index (χ4v) is 2.03. The smallest absolute Gasteiger partial charge is 0.337 e. The summed E-state index contributed by atoms with van der Waals surface area (Å²) >= 11 is 2.06. The molecular formula is C9H7IN2O3. The van der Waals surface area contributed by atoms with E-state index >= 15 is 0 Å². The van der Waals surface area contributed by atoms with E-state index in [0.29, 0.717) is 11.1 Å². The quantitative estimate of drug-likeness (QED) is 0.728. The van der Waals surface area contributed by atoms with Crippen LogP contribution in [0.5, 0.6) is 0 Å². The van der Waals surface area contributed by atoms with Crippen molar-refractivity contribution in [1.29, 1.82) is 0 Å². The zero-order chi connectivity index (χ0) is 11.0. The summed E-state index contributed by atoms with van der Waals surface area (Å²) in [6, 6.07) is 3.45. The molecule has 0 radical (unpaired) electrons. The van der Waals surface area contributed by atoms with Crippen molar-refractivity contribution in [2.75, 3.05) is 0 Å². The molecule has 0 amide bonds. The van der Waals surface area contributed by atoms with Crippen LogP contribution in [-0.2, 0) is 4.79 Å². The Morgan fingerprint density at radius 2 is 2.27 bits per heavy atom. The van der Waals surface area contributed by atoms with Crippen molar-refractivity contribution < 1.29 is 15.0 Å². The average molecular weight is 318 g/mol. The van der Waals surface area contributed by atoms with Crippen LogP contribution in [0.25, 0.3) is 11.0 Å². The number of imidazole rings is 1. The number of aliphatic carboxylic acids is 1. The van der Waals surface area contributed by atoms with Gasteiger partial charge in [-0.3, -0.25) is 0 Å². The summed E-state index contributed by atoms with van der Waals surface area (Å²) in [4.78, 5) is 17.5. The Kier molecular flexibility index (Phi) is 2.61. The van der Waals surface area contributed by atoms with Crippen LogP contribution in [-0.4, -0.2) is 26.2 Å². The largest absolute Gasteiger partial charge is 0.479 e. The van der Waals surface area contributed by atoms with Crippen LogP contribution >= 0.6 is 22.6 Å². The number of fused-ring (bicyclic) bond motifs is 1. The molecule has 0 saturated heterocycles. The molecule has 0 aliphatic carbocycles. The molecular weight excluding hydrogens is 311 g/mol. The van der Waals surface area contributed by atoms with Crippen LogP contribution in [0.3, 0.4) is 0 Å². The van der Waals surface area contributed by atoms with Gasteiger partial charge in [0.15, 0.2) is 6.10 Å². The van der Waals surface area contributed by atoms with Crippen molar-refractivity contribution in [2.45, 2.75) is 6.10 Å². The van der Waals surface area contributed by atoms with Crippen molar-refractivity contribution in [2.24, 2.45) is 0 Å².